The Hall–Kier alpha value is -3.31. The van der Waals surface area contributed by atoms with Crippen LogP contribution in [0, 0.1) is 17.3 Å². The first-order valence-corrected chi connectivity index (χ1v) is 10.9. The van der Waals surface area contributed by atoms with Gasteiger partial charge in [-0.05, 0) is 50.0 Å². The lowest BCUT2D eigenvalue weighted by atomic mass is 9.65. The van der Waals surface area contributed by atoms with Crippen LogP contribution in [-0.4, -0.2) is 46.2 Å². The molecular formula is C24H29N5O3. The monoisotopic (exact) mass is 435 g/mol. The second-order valence-electron chi connectivity index (χ2n) is 8.67. The summed E-state index contributed by atoms with van der Waals surface area (Å²) in [7, 11) is 0. The lowest BCUT2D eigenvalue weighted by Crippen LogP contribution is -2.42. The molecule has 1 spiro atoms. The van der Waals surface area contributed by atoms with E-state index in [1.807, 2.05) is 36.1 Å². The zero-order valence-corrected chi connectivity index (χ0v) is 18.6. The van der Waals surface area contributed by atoms with Gasteiger partial charge in [0.2, 0.25) is 0 Å². The van der Waals surface area contributed by atoms with Crippen LogP contribution in [0.1, 0.15) is 55.1 Å². The number of benzene rings is 1. The van der Waals surface area contributed by atoms with E-state index in [4.69, 9.17) is 21.3 Å². The lowest BCUT2D eigenvalue weighted by Gasteiger charge is -2.45. The summed E-state index contributed by atoms with van der Waals surface area (Å²) >= 11 is 0. The minimum atomic E-state index is -0.591. The molecule has 1 aliphatic heterocycles. The number of nitrogens with two attached hydrogens (primary N) is 2. The van der Waals surface area contributed by atoms with E-state index < -0.39 is 5.91 Å². The maximum absolute atomic E-state index is 12.2. The highest BCUT2D eigenvalue weighted by Crippen LogP contribution is 2.54. The number of aromatic nitrogens is 2. The van der Waals surface area contributed by atoms with Crippen LogP contribution in [0.15, 0.2) is 24.3 Å². The van der Waals surface area contributed by atoms with Crippen LogP contribution in [0.2, 0.25) is 0 Å². The van der Waals surface area contributed by atoms with Gasteiger partial charge < -0.3 is 21.1 Å². The first-order valence-electron chi connectivity index (χ1n) is 10.9. The van der Waals surface area contributed by atoms with E-state index in [9.17, 15) is 9.59 Å². The molecule has 4 rings (SSSR count). The molecule has 4 N–H and O–H groups in total. The zero-order chi connectivity index (χ0) is 22.9. The van der Waals surface area contributed by atoms with E-state index >= 15 is 0 Å². The van der Waals surface area contributed by atoms with Gasteiger partial charge in [0.1, 0.15) is 17.1 Å². The molecule has 0 unspecified atom stereocenters. The highest BCUT2D eigenvalue weighted by atomic mass is 16.5. The fourth-order valence-corrected chi connectivity index (χ4v) is 4.89. The summed E-state index contributed by atoms with van der Waals surface area (Å²) < 4.78 is 7.18. The van der Waals surface area contributed by atoms with Crippen LogP contribution < -0.4 is 11.5 Å². The fraction of sp³-hybridized carbons (Fsp3) is 0.458. The Labute approximate surface area is 187 Å². The van der Waals surface area contributed by atoms with E-state index in [2.05, 4.69) is 11.8 Å². The van der Waals surface area contributed by atoms with Crippen molar-refractivity contribution in [3.05, 3.63) is 35.4 Å². The van der Waals surface area contributed by atoms with E-state index in [0.29, 0.717) is 31.3 Å². The number of carbonyl (C=O) groups excluding carboxylic acids is 2. The number of nitrogen functional groups attached to an aromatic ring is 1. The Morgan fingerprint density at radius 3 is 2.62 bits per heavy atom. The highest BCUT2D eigenvalue weighted by molar-refractivity contribution is 6.03. The largest absolute Gasteiger partial charge is 0.383 e. The van der Waals surface area contributed by atoms with Gasteiger partial charge in [0.25, 0.3) is 11.8 Å². The first kappa shape index (κ1) is 21.9. The molecule has 2 aliphatic rings. The molecule has 1 aromatic heterocycles. The third-order valence-corrected chi connectivity index (χ3v) is 6.53. The van der Waals surface area contributed by atoms with Crippen molar-refractivity contribution in [2.75, 3.05) is 25.4 Å². The highest BCUT2D eigenvalue weighted by Gasteiger charge is 2.51. The number of anilines is 1. The van der Waals surface area contributed by atoms with Crippen molar-refractivity contribution in [3.8, 4) is 23.1 Å². The van der Waals surface area contributed by atoms with Gasteiger partial charge in [0, 0.05) is 25.3 Å². The molecule has 2 amide bonds. The van der Waals surface area contributed by atoms with Gasteiger partial charge in [-0.25, -0.2) is 4.68 Å². The van der Waals surface area contributed by atoms with Crippen LogP contribution in [0.5, 0.6) is 0 Å². The summed E-state index contributed by atoms with van der Waals surface area (Å²) in [5.41, 5.74) is 14.7. The average Bonchev–Trinajstić information content (AvgIpc) is 3.34. The fourth-order valence-electron chi connectivity index (χ4n) is 4.89. The van der Waals surface area contributed by atoms with Crippen molar-refractivity contribution >= 4 is 17.6 Å². The van der Waals surface area contributed by atoms with Crippen molar-refractivity contribution in [2.45, 2.75) is 45.8 Å². The third-order valence-electron chi connectivity index (χ3n) is 6.53. The lowest BCUT2D eigenvalue weighted by molar-refractivity contribution is -0.125. The van der Waals surface area contributed by atoms with Gasteiger partial charge in [0.05, 0.1) is 12.6 Å². The van der Waals surface area contributed by atoms with E-state index in [-0.39, 0.29) is 22.9 Å². The summed E-state index contributed by atoms with van der Waals surface area (Å²) in [6.45, 7) is 6.23. The van der Waals surface area contributed by atoms with E-state index in [0.717, 1.165) is 36.9 Å². The predicted molar refractivity (Wildman–Crippen MR) is 121 cm³/mol. The zero-order valence-electron chi connectivity index (χ0n) is 18.6. The summed E-state index contributed by atoms with van der Waals surface area (Å²) in [6.07, 6.45) is 2.65. The number of amides is 2. The number of ether oxygens (including phenoxy) is 1. The van der Waals surface area contributed by atoms with Gasteiger partial charge >= 0.3 is 0 Å². The Morgan fingerprint density at radius 2 is 2.00 bits per heavy atom. The molecule has 8 nitrogen and oxygen atoms in total. The number of likely N-dealkylation sites (tertiary alicyclic amines) is 1. The second-order valence-corrected chi connectivity index (χ2v) is 8.67. The number of nitrogens with zero attached hydrogens (tertiary/aromatic N) is 3. The molecule has 168 valence electrons. The molecule has 2 heterocycles. The van der Waals surface area contributed by atoms with Crippen molar-refractivity contribution in [3.63, 3.8) is 0 Å². The van der Waals surface area contributed by atoms with Crippen LogP contribution in [-0.2, 0) is 16.1 Å². The molecule has 1 saturated carbocycles. The maximum atomic E-state index is 12.2. The molecule has 1 saturated heterocycles. The van der Waals surface area contributed by atoms with Crippen molar-refractivity contribution in [1.82, 2.24) is 14.7 Å². The van der Waals surface area contributed by atoms with Gasteiger partial charge in [-0.1, -0.05) is 30.2 Å². The van der Waals surface area contributed by atoms with E-state index in [1.165, 1.54) is 0 Å². The molecule has 1 aliphatic carbocycles. The van der Waals surface area contributed by atoms with Gasteiger partial charge in [-0.2, -0.15) is 5.10 Å². The van der Waals surface area contributed by atoms with Crippen molar-refractivity contribution < 1.29 is 14.3 Å². The molecular weight excluding hydrogens is 406 g/mol. The quantitative estimate of drug-likeness (QED) is 0.676. The normalized spacial score (nSPS) is 21.8. The van der Waals surface area contributed by atoms with Gasteiger partial charge in [-0.3, -0.25) is 9.59 Å². The molecule has 0 radical (unpaired) electrons. The van der Waals surface area contributed by atoms with Crippen LogP contribution in [0.25, 0.3) is 11.3 Å². The number of carbonyl (C=O) groups is 2. The number of rotatable bonds is 6. The summed E-state index contributed by atoms with van der Waals surface area (Å²) in [5.74, 6) is 4.89. The molecule has 1 aromatic carbocycles. The van der Waals surface area contributed by atoms with Gasteiger partial charge in [-0.15, -0.1) is 0 Å². The first-order chi connectivity index (χ1) is 15.4. The number of hydrogen-bond acceptors (Lipinski definition) is 5. The summed E-state index contributed by atoms with van der Waals surface area (Å²) in [6, 6.07) is 7.79. The number of primary amides is 1. The second kappa shape index (κ2) is 8.67. The van der Waals surface area contributed by atoms with Crippen LogP contribution >= 0.6 is 0 Å². The third kappa shape index (κ3) is 3.96. The summed E-state index contributed by atoms with van der Waals surface area (Å²) in [5, 5.41) is 4.71. The van der Waals surface area contributed by atoms with Crippen molar-refractivity contribution in [1.29, 1.82) is 0 Å². The van der Waals surface area contributed by atoms with Crippen LogP contribution in [0.4, 0.5) is 5.82 Å². The molecule has 0 bridgehead atoms. The average molecular weight is 436 g/mol. The van der Waals surface area contributed by atoms with E-state index in [1.54, 1.807) is 11.6 Å². The predicted octanol–water partition coefficient (Wildman–Crippen LogP) is 2.34. The minimum absolute atomic E-state index is 0.0715. The molecule has 8 heteroatoms. The topological polar surface area (TPSA) is 116 Å². The minimum Gasteiger partial charge on any atom is -0.383 e. The maximum Gasteiger partial charge on any atom is 0.298 e. The van der Waals surface area contributed by atoms with Crippen LogP contribution in [0.3, 0.4) is 0 Å². The molecule has 0 atom stereocenters. The Balaban J connectivity index is 1.53. The molecule has 32 heavy (non-hydrogen) atoms. The SMILES string of the molecule is CC#CC(=O)N1CC[C@]2(C1)C[C@H](n1nc(-c3ccc(COCC)cc3)c(C(N)=O)c1N)C2. The smallest absolute Gasteiger partial charge is 0.298 e. The molecule has 2 fully saturated rings. The Morgan fingerprint density at radius 1 is 1.28 bits per heavy atom. The Kier molecular flexibility index (Phi) is 5.94. The standard InChI is InChI=1S/C24H29N5O3/c1-3-5-19(30)28-11-10-24(15-28)12-18(13-24)29-22(25)20(23(26)31)21(27-29)17-8-6-16(7-9-17)14-32-4-2/h6-9,18H,4,10-15,25H2,1-2H3,(H2,26,31)/t18-,24-. The van der Waals surface area contributed by atoms with Crippen molar-refractivity contribution in [2.24, 2.45) is 11.1 Å². The number of hydrogen-bond donors (Lipinski definition) is 2. The Bertz CT molecular complexity index is 1090. The summed E-state index contributed by atoms with van der Waals surface area (Å²) in [4.78, 5) is 26.1. The van der Waals surface area contributed by atoms with Gasteiger partial charge in [0.15, 0.2) is 0 Å². The molecule has 2 aromatic rings.